The van der Waals surface area contributed by atoms with E-state index in [4.69, 9.17) is 0 Å². The summed E-state index contributed by atoms with van der Waals surface area (Å²) in [5, 5.41) is 5.76. The van der Waals surface area contributed by atoms with E-state index in [1.54, 1.807) is 6.33 Å². The molecule has 3 heterocycles. The Morgan fingerprint density at radius 3 is 2.73 bits per heavy atom. The normalized spacial score (nSPS) is 17.4. The van der Waals surface area contributed by atoms with Crippen LogP contribution in [-0.2, 0) is 0 Å². The molecule has 1 fully saturated rings. The van der Waals surface area contributed by atoms with Crippen molar-refractivity contribution < 1.29 is 0 Å². The fraction of sp³-hybridized carbons (Fsp3) is 0.273. The number of nitrogens with one attached hydrogen (secondary N) is 2. The summed E-state index contributed by atoms with van der Waals surface area (Å²) >= 11 is 0. The number of aromatic nitrogens is 3. The number of rotatable bonds is 2. The van der Waals surface area contributed by atoms with E-state index in [1.165, 1.54) is 28.5 Å². The molecule has 1 aliphatic heterocycles. The van der Waals surface area contributed by atoms with Crippen LogP contribution in [0.5, 0.6) is 0 Å². The summed E-state index contributed by atoms with van der Waals surface area (Å²) in [6, 6.07) is 13.3. The third-order valence-electron chi connectivity index (χ3n) is 5.73. The van der Waals surface area contributed by atoms with Gasteiger partial charge in [-0.05, 0) is 61.6 Å². The lowest BCUT2D eigenvalue weighted by Gasteiger charge is -2.09. The standard InChI is InChI=1S/C22H22N4/c1-13-3-4-16(9-14(13)2)21-20-18-6-5-15(17-7-8-23-11-17)10-19(18)26-22(20)25-12-24-21/h3-6,9-10,12,17,23H,7-8,11H2,1-2H3,(H,24,25,26). The molecule has 130 valence electrons. The van der Waals surface area contributed by atoms with Crippen molar-refractivity contribution in [2.45, 2.75) is 26.2 Å². The number of hydrogen-bond donors (Lipinski definition) is 2. The molecule has 0 spiro atoms. The Balaban J connectivity index is 1.72. The van der Waals surface area contributed by atoms with E-state index in [0.29, 0.717) is 5.92 Å². The van der Waals surface area contributed by atoms with E-state index in [0.717, 1.165) is 40.9 Å². The Labute approximate surface area is 152 Å². The summed E-state index contributed by atoms with van der Waals surface area (Å²) in [4.78, 5) is 12.6. The monoisotopic (exact) mass is 342 g/mol. The Bertz CT molecular complexity index is 1120. The van der Waals surface area contributed by atoms with Crippen LogP contribution in [0.4, 0.5) is 0 Å². The van der Waals surface area contributed by atoms with E-state index in [9.17, 15) is 0 Å². The zero-order valence-electron chi connectivity index (χ0n) is 15.1. The van der Waals surface area contributed by atoms with Gasteiger partial charge < -0.3 is 10.3 Å². The van der Waals surface area contributed by atoms with Crippen molar-refractivity contribution in [2.75, 3.05) is 13.1 Å². The van der Waals surface area contributed by atoms with E-state index in [1.807, 2.05) is 0 Å². The van der Waals surface area contributed by atoms with Crippen LogP contribution in [0.15, 0.2) is 42.7 Å². The molecule has 4 heteroatoms. The summed E-state index contributed by atoms with van der Waals surface area (Å²) in [6.07, 6.45) is 2.86. The van der Waals surface area contributed by atoms with Crippen LogP contribution in [0.2, 0.25) is 0 Å². The average molecular weight is 342 g/mol. The van der Waals surface area contributed by atoms with Crippen LogP contribution in [0.3, 0.4) is 0 Å². The second kappa shape index (κ2) is 5.92. The van der Waals surface area contributed by atoms with Gasteiger partial charge in [-0.25, -0.2) is 9.97 Å². The molecule has 0 saturated carbocycles. The van der Waals surface area contributed by atoms with Gasteiger partial charge in [-0.15, -0.1) is 0 Å². The molecule has 1 atom stereocenters. The molecule has 2 N–H and O–H groups in total. The lowest BCUT2D eigenvalue weighted by Crippen LogP contribution is -2.07. The van der Waals surface area contributed by atoms with E-state index >= 15 is 0 Å². The number of aryl methyl sites for hydroxylation is 2. The van der Waals surface area contributed by atoms with Crippen molar-refractivity contribution >= 4 is 21.9 Å². The van der Waals surface area contributed by atoms with E-state index < -0.39 is 0 Å². The molecular formula is C22H22N4. The van der Waals surface area contributed by atoms with Crippen LogP contribution in [-0.4, -0.2) is 28.0 Å². The molecule has 4 aromatic rings. The topological polar surface area (TPSA) is 53.6 Å². The third kappa shape index (κ3) is 2.41. The third-order valence-corrected chi connectivity index (χ3v) is 5.73. The van der Waals surface area contributed by atoms with Gasteiger partial charge in [0.15, 0.2) is 0 Å². The summed E-state index contributed by atoms with van der Waals surface area (Å²) in [5.74, 6) is 0.608. The first-order valence-electron chi connectivity index (χ1n) is 9.25. The first-order chi connectivity index (χ1) is 12.7. The van der Waals surface area contributed by atoms with Gasteiger partial charge in [0.25, 0.3) is 0 Å². The van der Waals surface area contributed by atoms with Crippen LogP contribution >= 0.6 is 0 Å². The highest BCUT2D eigenvalue weighted by Gasteiger charge is 2.19. The molecule has 0 bridgehead atoms. The SMILES string of the molecule is Cc1ccc(-c2ncnc3[nH]c4cc(C5CCNC5)ccc4c23)cc1C. The van der Waals surface area contributed by atoms with Crippen molar-refractivity contribution in [3.63, 3.8) is 0 Å². The van der Waals surface area contributed by atoms with Gasteiger partial charge in [0.05, 0.1) is 11.1 Å². The highest BCUT2D eigenvalue weighted by atomic mass is 14.9. The maximum atomic E-state index is 4.63. The van der Waals surface area contributed by atoms with E-state index in [2.05, 4.69) is 70.5 Å². The van der Waals surface area contributed by atoms with Crippen molar-refractivity contribution in [1.29, 1.82) is 0 Å². The highest BCUT2D eigenvalue weighted by molar-refractivity contribution is 6.12. The van der Waals surface area contributed by atoms with Crippen molar-refractivity contribution in [2.24, 2.45) is 0 Å². The second-order valence-electron chi connectivity index (χ2n) is 7.36. The van der Waals surface area contributed by atoms with Gasteiger partial charge >= 0.3 is 0 Å². The first kappa shape index (κ1) is 15.5. The smallest absolute Gasteiger partial charge is 0.142 e. The zero-order valence-corrected chi connectivity index (χ0v) is 15.1. The molecule has 1 unspecified atom stereocenters. The first-order valence-corrected chi connectivity index (χ1v) is 9.25. The van der Waals surface area contributed by atoms with Gasteiger partial charge in [-0.3, -0.25) is 0 Å². The largest absolute Gasteiger partial charge is 0.339 e. The lowest BCUT2D eigenvalue weighted by molar-refractivity contribution is 0.764. The fourth-order valence-corrected chi connectivity index (χ4v) is 4.05. The summed E-state index contributed by atoms with van der Waals surface area (Å²) in [7, 11) is 0. The van der Waals surface area contributed by atoms with Gasteiger partial charge in [0, 0.05) is 23.0 Å². The number of fused-ring (bicyclic) bond motifs is 3. The van der Waals surface area contributed by atoms with Crippen molar-refractivity contribution in [1.82, 2.24) is 20.3 Å². The molecule has 2 aromatic carbocycles. The molecule has 5 rings (SSSR count). The van der Waals surface area contributed by atoms with E-state index in [-0.39, 0.29) is 0 Å². The lowest BCUT2D eigenvalue weighted by atomic mass is 9.96. The van der Waals surface area contributed by atoms with Gasteiger partial charge in [-0.1, -0.05) is 24.3 Å². The number of benzene rings is 2. The van der Waals surface area contributed by atoms with Crippen LogP contribution in [0, 0.1) is 13.8 Å². The van der Waals surface area contributed by atoms with Gasteiger partial charge in [0.2, 0.25) is 0 Å². The number of nitrogens with zero attached hydrogens (tertiary/aromatic N) is 2. The minimum atomic E-state index is 0.608. The van der Waals surface area contributed by atoms with Crippen molar-refractivity contribution in [3.8, 4) is 11.3 Å². The van der Waals surface area contributed by atoms with Gasteiger partial charge in [-0.2, -0.15) is 0 Å². The quantitative estimate of drug-likeness (QED) is 0.565. The fourth-order valence-electron chi connectivity index (χ4n) is 4.05. The van der Waals surface area contributed by atoms with Crippen LogP contribution in [0.1, 0.15) is 29.0 Å². The molecule has 1 aliphatic rings. The molecule has 0 aliphatic carbocycles. The Morgan fingerprint density at radius 2 is 1.92 bits per heavy atom. The second-order valence-corrected chi connectivity index (χ2v) is 7.36. The number of H-pyrrole nitrogens is 1. The minimum Gasteiger partial charge on any atom is -0.339 e. The average Bonchev–Trinajstić information content (AvgIpc) is 3.30. The van der Waals surface area contributed by atoms with Gasteiger partial charge in [0.1, 0.15) is 12.0 Å². The molecule has 0 amide bonds. The molecule has 1 saturated heterocycles. The predicted molar refractivity (Wildman–Crippen MR) is 107 cm³/mol. The molecule has 2 aromatic heterocycles. The number of aromatic amines is 1. The molecule has 4 nitrogen and oxygen atoms in total. The summed E-state index contributed by atoms with van der Waals surface area (Å²) in [6.45, 7) is 6.46. The zero-order chi connectivity index (χ0) is 17.7. The summed E-state index contributed by atoms with van der Waals surface area (Å²) in [5.41, 5.74) is 8.18. The van der Waals surface area contributed by atoms with Crippen LogP contribution < -0.4 is 5.32 Å². The molecule has 0 radical (unpaired) electrons. The molecular weight excluding hydrogens is 320 g/mol. The Morgan fingerprint density at radius 1 is 1.00 bits per heavy atom. The maximum Gasteiger partial charge on any atom is 0.142 e. The highest BCUT2D eigenvalue weighted by Crippen LogP contribution is 2.34. The van der Waals surface area contributed by atoms with Crippen LogP contribution in [0.25, 0.3) is 33.2 Å². The summed E-state index contributed by atoms with van der Waals surface area (Å²) < 4.78 is 0. The number of hydrogen-bond acceptors (Lipinski definition) is 3. The predicted octanol–water partition coefficient (Wildman–Crippen LogP) is 4.47. The molecule has 26 heavy (non-hydrogen) atoms. The minimum absolute atomic E-state index is 0.608. The Hall–Kier alpha value is -2.72. The maximum absolute atomic E-state index is 4.63. The van der Waals surface area contributed by atoms with Crippen molar-refractivity contribution in [3.05, 3.63) is 59.4 Å². The Kier molecular flexibility index (Phi) is 3.54.